The molecular weight excluding hydrogens is 432 g/mol. The van der Waals surface area contributed by atoms with E-state index in [2.05, 4.69) is 34.8 Å². The van der Waals surface area contributed by atoms with Gasteiger partial charge in [0, 0.05) is 36.3 Å². The molecule has 3 aromatic rings. The molecule has 0 saturated carbocycles. The van der Waals surface area contributed by atoms with Crippen LogP contribution in [0.3, 0.4) is 0 Å². The third-order valence-corrected chi connectivity index (χ3v) is 6.30. The van der Waals surface area contributed by atoms with Crippen LogP contribution in [0.4, 0.5) is 5.69 Å². The van der Waals surface area contributed by atoms with Crippen molar-refractivity contribution in [2.45, 2.75) is 32.5 Å². The maximum atomic E-state index is 10.7. The highest BCUT2D eigenvalue weighted by atomic mass is 35.5. The average Bonchev–Trinajstić information content (AvgIpc) is 3.24. The van der Waals surface area contributed by atoms with E-state index < -0.39 is 0 Å². The molecule has 0 spiro atoms. The van der Waals surface area contributed by atoms with Gasteiger partial charge in [-0.15, -0.1) is 0 Å². The third-order valence-electron chi connectivity index (χ3n) is 5.75. The lowest BCUT2D eigenvalue weighted by atomic mass is 9.96. The number of ether oxygens (including phenoxy) is 1. The minimum Gasteiger partial charge on any atom is -0.506 e. The molecule has 0 bridgehead atoms. The maximum absolute atomic E-state index is 10.7. The molecule has 3 heterocycles. The van der Waals surface area contributed by atoms with E-state index in [1.54, 1.807) is 31.5 Å². The minimum atomic E-state index is -0.214. The van der Waals surface area contributed by atoms with Crippen molar-refractivity contribution >= 4 is 34.6 Å². The molecule has 0 amide bonds. The predicted octanol–water partition coefficient (Wildman–Crippen LogP) is 4.68. The summed E-state index contributed by atoms with van der Waals surface area (Å²) in [6, 6.07) is 12.6. The summed E-state index contributed by atoms with van der Waals surface area (Å²) in [6.45, 7) is 5.57. The minimum absolute atomic E-state index is 0.119. The molecule has 8 heteroatoms. The first kappa shape index (κ1) is 21.6. The number of phenolic OH excluding ortho intramolecular Hbond substituents is 1. The summed E-state index contributed by atoms with van der Waals surface area (Å²) in [5, 5.41) is 15.1. The Morgan fingerprint density at radius 1 is 1.23 bits per heavy atom. The van der Waals surface area contributed by atoms with E-state index in [-0.39, 0.29) is 17.8 Å². The number of methoxy groups -OCH3 is 1. The standard InChI is InChI=1S/C23H25ClN4O2S/c1-14-12-17(15(2)27(14)10-11-30-3)22-21(18-6-4-5-9-25-18)26-23(31)28(22)19-13-16(24)7-8-20(19)29/h4-9,12-13,21-22,29H,10-11H2,1-3H3,(H,26,31)/t21-,22-/m0/s1. The number of phenols is 1. The van der Waals surface area contributed by atoms with Gasteiger partial charge in [-0.1, -0.05) is 17.7 Å². The summed E-state index contributed by atoms with van der Waals surface area (Å²) < 4.78 is 7.54. The van der Waals surface area contributed by atoms with E-state index in [1.807, 2.05) is 23.1 Å². The van der Waals surface area contributed by atoms with Crippen LogP contribution in [-0.2, 0) is 11.3 Å². The molecule has 0 unspecified atom stereocenters. The van der Waals surface area contributed by atoms with Crippen molar-refractivity contribution in [3.63, 3.8) is 0 Å². The summed E-state index contributed by atoms with van der Waals surface area (Å²) in [4.78, 5) is 6.53. The Morgan fingerprint density at radius 2 is 2.03 bits per heavy atom. The molecule has 1 aromatic carbocycles. The van der Waals surface area contributed by atoms with Crippen LogP contribution >= 0.6 is 23.8 Å². The quantitative estimate of drug-likeness (QED) is 0.525. The molecule has 0 aliphatic carbocycles. The molecule has 1 saturated heterocycles. The van der Waals surface area contributed by atoms with E-state index in [9.17, 15) is 5.11 Å². The second-order valence-electron chi connectivity index (χ2n) is 7.60. The lowest BCUT2D eigenvalue weighted by molar-refractivity contribution is 0.186. The lowest BCUT2D eigenvalue weighted by Crippen LogP contribution is -2.29. The largest absolute Gasteiger partial charge is 0.506 e. The zero-order valence-corrected chi connectivity index (χ0v) is 19.2. The van der Waals surface area contributed by atoms with Crippen molar-refractivity contribution in [1.82, 2.24) is 14.9 Å². The number of hydrogen-bond acceptors (Lipinski definition) is 4. The monoisotopic (exact) mass is 456 g/mol. The number of thiocarbonyl (C=S) groups is 1. The normalized spacial score (nSPS) is 18.5. The zero-order chi connectivity index (χ0) is 22.1. The number of hydrogen-bond donors (Lipinski definition) is 2. The molecule has 2 N–H and O–H groups in total. The topological polar surface area (TPSA) is 62.5 Å². The third kappa shape index (κ3) is 4.01. The first-order valence-electron chi connectivity index (χ1n) is 10.1. The van der Waals surface area contributed by atoms with E-state index in [1.165, 1.54) is 0 Å². The fourth-order valence-corrected chi connectivity index (χ4v) is 4.78. The molecular formula is C23H25ClN4O2S. The second kappa shape index (κ2) is 8.86. The lowest BCUT2D eigenvalue weighted by Gasteiger charge is -2.28. The SMILES string of the molecule is COCCn1c(C)cc([C@H]2[C@H](c3ccccn3)NC(=S)N2c2cc(Cl)ccc2O)c1C. The molecule has 162 valence electrons. The number of benzene rings is 1. The Kier molecular flexibility index (Phi) is 6.18. The van der Waals surface area contributed by atoms with Gasteiger partial charge in [0.1, 0.15) is 5.75 Å². The van der Waals surface area contributed by atoms with Crippen LogP contribution in [0.1, 0.15) is 34.7 Å². The number of aromatic hydroxyl groups is 1. The van der Waals surface area contributed by atoms with Gasteiger partial charge in [-0.2, -0.15) is 0 Å². The van der Waals surface area contributed by atoms with Crippen LogP contribution in [0.15, 0.2) is 48.7 Å². The Bertz CT molecular complexity index is 1100. The Balaban J connectivity index is 1.88. The summed E-state index contributed by atoms with van der Waals surface area (Å²) in [6.07, 6.45) is 1.78. The summed E-state index contributed by atoms with van der Waals surface area (Å²) in [7, 11) is 1.70. The van der Waals surface area contributed by atoms with Gasteiger partial charge >= 0.3 is 0 Å². The van der Waals surface area contributed by atoms with Gasteiger partial charge in [0.25, 0.3) is 0 Å². The van der Waals surface area contributed by atoms with E-state index in [4.69, 9.17) is 28.6 Å². The molecule has 1 aliphatic rings. The number of nitrogens with one attached hydrogen (secondary N) is 1. The summed E-state index contributed by atoms with van der Waals surface area (Å²) in [5.41, 5.74) is 4.81. The van der Waals surface area contributed by atoms with Crippen molar-refractivity contribution in [3.8, 4) is 5.75 Å². The van der Waals surface area contributed by atoms with E-state index in [0.29, 0.717) is 22.4 Å². The van der Waals surface area contributed by atoms with Gasteiger partial charge in [-0.25, -0.2) is 0 Å². The van der Waals surface area contributed by atoms with E-state index in [0.717, 1.165) is 29.2 Å². The predicted molar refractivity (Wildman–Crippen MR) is 127 cm³/mol. The van der Waals surface area contributed by atoms with Crippen molar-refractivity contribution in [3.05, 3.63) is 76.3 Å². The zero-order valence-electron chi connectivity index (χ0n) is 17.7. The molecule has 31 heavy (non-hydrogen) atoms. The number of aryl methyl sites for hydroxylation is 1. The molecule has 1 aliphatic heterocycles. The number of halogens is 1. The number of rotatable bonds is 6. The Labute approximate surface area is 192 Å². The van der Waals surface area contributed by atoms with Crippen LogP contribution < -0.4 is 10.2 Å². The highest BCUT2D eigenvalue weighted by Gasteiger charge is 2.43. The molecule has 6 nitrogen and oxygen atoms in total. The van der Waals surface area contributed by atoms with Gasteiger partial charge in [-0.3, -0.25) is 4.98 Å². The van der Waals surface area contributed by atoms with Crippen LogP contribution in [0.25, 0.3) is 0 Å². The first-order chi connectivity index (χ1) is 14.9. The van der Waals surface area contributed by atoms with Crippen molar-refractivity contribution in [2.24, 2.45) is 0 Å². The average molecular weight is 457 g/mol. The summed E-state index contributed by atoms with van der Waals surface area (Å²) >= 11 is 12.0. The number of anilines is 1. The van der Waals surface area contributed by atoms with Crippen LogP contribution in [0.2, 0.25) is 5.02 Å². The smallest absolute Gasteiger partial charge is 0.174 e. The van der Waals surface area contributed by atoms with Crippen molar-refractivity contribution < 1.29 is 9.84 Å². The van der Waals surface area contributed by atoms with Gasteiger partial charge in [0.2, 0.25) is 0 Å². The molecule has 2 aromatic heterocycles. The second-order valence-corrected chi connectivity index (χ2v) is 8.42. The molecule has 2 atom stereocenters. The van der Waals surface area contributed by atoms with Gasteiger partial charge in [-0.05, 0) is 68.0 Å². The highest BCUT2D eigenvalue weighted by Crippen LogP contribution is 2.46. The summed E-state index contributed by atoms with van der Waals surface area (Å²) in [5.74, 6) is 0.119. The van der Waals surface area contributed by atoms with Crippen LogP contribution in [-0.4, -0.2) is 33.5 Å². The first-order valence-corrected chi connectivity index (χ1v) is 10.9. The molecule has 0 radical (unpaired) electrons. The molecule has 4 rings (SSSR count). The number of nitrogens with zero attached hydrogens (tertiary/aromatic N) is 3. The van der Waals surface area contributed by atoms with Gasteiger partial charge in [0.15, 0.2) is 5.11 Å². The number of pyridine rings is 1. The maximum Gasteiger partial charge on any atom is 0.174 e. The Morgan fingerprint density at radius 3 is 2.74 bits per heavy atom. The van der Waals surface area contributed by atoms with Crippen molar-refractivity contribution in [1.29, 1.82) is 0 Å². The van der Waals surface area contributed by atoms with Crippen LogP contribution in [0, 0.1) is 13.8 Å². The van der Waals surface area contributed by atoms with Gasteiger partial charge < -0.3 is 24.6 Å². The fourth-order valence-electron chi connectivity index (χ4n) is 4.27. The van der Waals surface area contributed by atoms with E-state index >= 15 is 0 Å². The van der Waals surface area contributed by atoms with Gasteiger partial charge in [0.05, 0.1) is 30.1 Å². The fraction of sp³-hybridized carbons (Fsp3) is 0.304. The van der Waals surface area contributed by atoms with Crippen LogP contribution in [0.5, 0.6) is 5.75 Å². The highest BCUT2D eigenvalue weighted by molar-refractivity contribution is 7.80. The molecule has 1 fully saturated rings. The van der Waals surface area contributed by atoms with Crippen molar-refractivity contribution in [2.75, 3.05) is 18.6 Å². The number of aromatic nitrogens is 2. The Hall–Kier alpha value is -2.61.